The van der Waals surface area contributed by atoms with Gasteiger partial charge in [-0.15, -0.1) is 6.42 Å². The average Bonchev–Trinajstić information content (AvgIpc) is 2.39. The molecule has 5 heteroatoms. The second-order valence-electron chi connectivity index (χ2n) is 4.48. The zero-order valence-electron chi connectivity index (χ0n) is 11.3. The van der Waals surface area contributed by atoms with Crippen molar-refractivity contribution in [2.24, 2.45) is 0 Å². The first kappa shape index (κ1) is 15.7. The maximum absolute atomic E-state index is 11.5. The Kier molecular flexibility index (Phi) is 6.27. The SMILES string of the molecule is C#CCNCC(=O)Nc1ccc(C(C)CC(=O)O)cc1. The van der Waals surface area contributed by atoms with Crippen LogP contribution in [0.2, 0.25) is 0 Å². The van der Waals surface area contributed by atoms with E-state index in [-0.39, 0.29) is 24.8 Å². The van der Waals surface area contributed by atoms with Gasteiger partial charge in [-0.1, -0.05) is 25.0 Å². The minimum absolute atomic E-state index is 0.0606. The van der Waals surface area contributed by atoms with E-state index in [2.05, 4.69) is 16.6 Å². The number of carbonyl (C=O) groups excluding carboxylic acids is 1. The van der Waals surface area contributed by atoms with Crippen LogP contribution in [0, 0.1) is 12.3 Å². The minimum Gasteiger partial charge on any atom is -0.481 e. The number of nitrogens with one attached hydrogen (secondary N) is 2. The summed E-state index contributed by atoms with van der Waals surface area (Å²) >= 11 is 0. The van der Waals surface area contributed by atoms with Gasteiger partial charge >= 0.3 is 5.97 Å². The number of anilines is 1. The fourth-order valence-corrected chi connectivity index (χ4v) is 1.73. The number of benzene rings is 1. The van der Waals surface area contributed by atoms with Gasteiger partial charge in [0, 0.05) is 5.69 Å². The second-order valence-corrected chi connectivity index (χ2v) is 4.48. The summed E-state index contributed by atoms with van der Waals surface area (Å²) < 4.78 is 0. The van der Waals surface area contributed by atoms with Crippen LogP contribution in [0.15, 0.2) is 24.3 Å². The lowest BCUT2D eigenvalue weighted by Crippen LogP contribution is -2.28. The fraction of sp³-hybridized carbons (Fsp3) is 0.333. The van der Waals surface area contributed by atoms with Crippen LogP contribution in [0.25, 0.3) is 0 Å². The largest absolute Gasteiger partial charge is 0.481 e. The van der Waals surface area contributed by atoms with Gasteiger partial charge in [-0.3, -0.25) is 14.9 Å². The number of amides is 1. The lowest BCUT2D eigenvalue weighted by atomic mass is 9.98. The number of carboxylic acids is 1. The van der Waals surface area contributed by atoms with E-state index in [1.807, 2.05) is 19.1 Å². The molecule has 0 radical (unpaired) electrons. The lowest BCUT2D eigenvalue weighted by molar-refractivity contribution is -0.137. The Balaban J connectivity index is 2.52. The van der Waals surface area contributed by atoms with E-state index in [9.17, 15) is 9.59 Å². The normalized spacial score (nSPS) is 11.4. The topological polar surface area (TPSA) is 78.4 Å². The third kappa shape index (κ3) is 5.55. The van der Waals surface area contributed by atoms with Gasteiger partial charge < -0.3 is 10.4 Å². The molecule has 1 aromatic carbocycles. The maximum Gasteiger partial charge on any atom is 0.303 e. The third-order valence-corrected chi connectivity index (χ3v) is 2.76. The van der Waals surface area contributed by atoms with Crippen molar-refractivity contribution in [3.63, 3.8) is 0 Å². The molecule has 1 aromatic rings. The maximum atomic E-state index is 11.5. The average molecular weight is 274 g/mol. The van der Waals surface area contributed by atoms with Crippen molar-refractivity contribution in [1.82, 2.24) is 5.32 Å². The summed E-state index contributed by atoms with van der Waals surface area (Å²) in [6.45, 7) is 2.35. The summed E-state index contributed by atoms with van der Waals surface area (Å²) in [7, 11) is 0. The second kappa shape index (κ2) is 7.97. The molecular formula is C15H18N2O3. The molecule has 1 amide bonds. The molecule has 5 nitrogen and oxygen atoms in total. The van der Waals surface area contributed by atoms with Crippen molar-refractivity contribution in [2.45, 2.75) is 19.3 Å². The molecule has 0 aromatic heterocycles. The van der Waals surface area contributed by atoms with Crippen molar-refractivity contribution in [1.29, 1.82) is 0 Å². The molecule has 0 saturated carbocycles. The molecule has 1 atom stereocenters. The minimum atomic E-state index is -0.825. The van der Waals surface area contributed by atoms with E-state index in [0.717, 1.165) is 5.56 Å². The van der Waals surface area contributed by atoms with E-state index in [1.165, 1.54) is 0 Å². The lowest BCUT2D eigenvalue weighted by Gasteiger charge is -2.10. The highest BCUT2D eigenvalue weighted by Crippen LogP contribution is 2.20. The molecule has 0 fully saturated rings. The number of hydrogen-bond donors (Lipinski definition) is 3. The Morgan fingerprint density at radius 1 is 1.35 bits per heavy atom. The van der Waals surface area contributed by atoms with Crippen LogP contribution >= 0.6 is 0 Å². The molecular weight excluding hydrogens is 256 g/mol. The van der Waals surface area contributed by atoms with E-state index < -0.39 is 5.97 Å². The number of aliphatic carboxylic acids is 1. The van der Waals surface area contributed by atoms with Gasteiger partial charge in [-0.25, -0.2) is 0 Å². The molecule has 0 saturated heterocycles. The molecule has 3 N–H and O–H groups in total. The smallest absolute Gasteiger partial charge is 0.303 e. The number of hydrogen-bond acceptors (Lipinski definition) is 3. The van der Waals surface area contributed by atoms with Gasteiger partial charge in [-0.05, 0) is 23.6 Å². The summed E-state index contributed by atoms with van der Waals surface area (Å²) in [6.07, 6.45) is 5.15. The zero-order valence-corrected chi connectivity index (χ0v) is 11.3. The highest BCUT2D eigenvalue weighted by atomic mass is 16.4. The molecule has 1 rings (SSSR count). The van der Waals surface area contributed by atoms with Gasteiger partial charge in [0.2, 0.25) is 5.91 Å². The van der Waals surface area contributed by atoms with Gasteiger partial charge in [0.15, 0.2) is 0 Å². The van der Waals surface area contributed by atoms with Gasteiger partial charge in [0.05, 0.1) is 19.5 Å². The standard InChI is InChI=1S/C15H18N2O3/c1-3-8-16-10-14(18)17-13-6-4-12(5-7-13)11(2)9-15(19)20/h1,4-7,11,16H,8-10H2,2H3,(H,17,18)(H,19,20). The fourth-order valence-electron chi connectivity index (χ4n) is 1.73. The quantitative estimate of drug-likeness (QED) is 0.519. The number of rotatable bonds is 7. The molecule has 0 aliphatic carbocycles. The van der Waals surface area contributed by atoms with Crippen molar-refractivity contribution >= 4 is 17.6 Å². The van der Waals surface area contributed by atoms with Crippen LogP contribution in [0.4, 0.5) is 5.69 Å². The molecule has 0 heterocycles. The Bertz CT molecular complexity index is 503. The van der Waals surface area contributed by atoms with Crippen LogP contribution < -0.4 is 10.6 Å². The van der Waals surface area contributed by atoms with Gasteiger partial charge in [0.25, 0.3) is 0 Å². The highest BCUT2D eigenvalue weighted by Gasteiger charge is 2.10. The van der Waals surface area contributed by atoms with Crippen LogP contribution in [0.3, 0.4) is 0 Å². The molecule has 0 bridgehead atoms. The van der Waals surface area contributed by atoms with Crippen LogP contribution in [0.1, 0.15) is 24.8 Å². The first-order chi connectivity index (χ1) is 9.52. The number of terminal acetylenes is 1. The summed E-state index contributed by atoms with van der Waals surface area (Å²) in [4.78, 5) is 22.2. The molecule has 20 heavy (non-hydrogen) atoms. The van der Waals surface area contributed by atoms with Crippen molar-refractivity contribution < 1.29 is 14.7 Å². The van der Waals surface area contributed by atoms with Crippen LogP contribution in [-0.4, -0.2) is 30.1 Å². The van der Waals surface area contributed by atoms with Gasteiger partial charge in [-0.2, -0.15) is 0 Å². The van der Waals surface area contributed by atoms with E-state index >= 15 is 0 Å². The van der Waals surface area contributed by atoms with Crippen LogP contribution in [0.5, 0.6) is 0 Å². The summed E-state index contributed by atoms with van der Waals surface area (Å²) in [6, 6.07) is 7.15. The predicted molar refractivity (Wildman–Crippen MR) is 77.4 cm³/mol. The Morgan fingerprint density at radius 2 is 2.00 bits per heavy atom. The molecule has 1 unspecified atom stereocenters. The number of carboxylic acid groups (broad SMARTS) is 1. The third-order valence-electron chi connectivity index (χ3n) is 2.76. The Hall–Kier alpha value is -2.32. The molecule has 0 aliphatic rings. The van der Waals surface area contributed by atoms with Crippen molar-refractivity contribution in [3.8, 4) is 12.3 Å². The van der Waals surface area contributed by atoms with Crippen molar-refractivity contribution in [2.75, 3.05) is 18.4 Å². The first-order valence-electron chi connectivity index (χ1n) is 6.28. The van der Waals surface area contributed by atoms with E-state index in [4.69, 9.17) is 11.5 Å². The molecule has 106 valence electrons. The Morgan fingerprint density at radius 3 is 2.55 bits per heavy atom. The summed E-state index contributed by atoms with van der Waals surface area (Å²) in [5.74, 6) is 1.32. The highest BCUT2D eigenvalue weighted by molar-refractivity contribution is 5.92. The molecule has 0 spiro atoms. The Labute approximate surface area is 118 Å². The summed E-state index contributed by atoms with van der Waals surface area (Å²) in [5, 5.41) is 14.3. The first-order valence-corrected chi connectivity index (χ1v) is 6.28. The summed E-state index contributed by atoms with van der Waals surface area (Å²) in [5.41, 5.74) is 1.60. The van der Waals surface area contributed by atoms with Crippen LogP contribution in [-0.2, 0) is 9.59 Å². The predicted octanol–water partition coefficient (Wildman–Crippen LogP) is 1.43. The molecule has 0 aliphatic heterocycles. The zero-order chi connectivity index (χ0) is 15.0. The van der Waals surface area contributed by atoms with E-state index in [1.54, 1.807) is 12.1 Å². The monoisotopic (exact) mass is 274 g/mol. The van der Waals surface area contributed by atoms with Crippen molar-refractivity contribution in [3.05, 3.63) is 29.8 Å². The van der Waals surface area contributed by atoms with E-state index in [0.29, 0.717) is 12.2 Å². The number of carbonyl (C=O) groups is 2. The van der Waals surface area contributed by atoms with Gasteiger partial charge in [0.1, 0.15) is 0 Å².